The maximum atomic E-state index is 13.0. The summed E-state index contributed by atoms with van der Waals surface area (Å²) in [5, 5.41) is 3.45. The molecule has 0 saturated carbocycles. The smallest absolute Gasteiger partial charge is 0.244 e. The number of para-hydroxylation sites is 2. The van der Waals surface area contributed by atoms with Crippen LogP contribution in [0.15, 0.2) is 48.5 Å². The number of likely N-dealkylation sites (N-methyl/N-ethyl adjacent to an activating group) is 1. The zero-order chi connectivity index (χ0) is 19.4. The van der Waals surface area contributed by atoms with E-state index in [9.17, 15) is 9.59 Å². The number of nitrogens with zero attached hydrogens (tertiary/aromatic N) is 2. The van der Waals surface area contributed by atoms with Gasteiger partial charge in [0.15, 0.2) is 0 Å². The van der Waals surface area contributed by atoms with Crippen molar-refractivity contribution in [3.05, 3.63) is 53.6 Å². The Kier molecular flexibility index (Phi) is 5.98. The number of ether oxygens (including phenoxy) is 1. The molecule has 1 N–H and O–H groups in total. The van der Waals surface area contributed by atoms with Gasteiger partial charge < -0.3 is 10.1 Å². The highest BCUT2D eigenvalue weighted by molar-refractivity contribution is 6.30. The number of hydrogen-bond acceptors (Lipinski definition) is 4. The van der Waals surface area contributed by atoms with Crippen molar-refractivity contribution in [2.45, 2.75) is 13.0 Å². The average Bonchev–Trinajstić information content (AvgIpc) is 2.67. The van der Waals surface area contributed by atoms with Gasteiger partial charge in [-0.05, 0) is 50.4 Å². The van der Waals surface area contributed by atoms with Crippen LogP contribution in [0.3, 0.4) is 0 Å². The Hall–Kier alpha value is -2.57. The molecule has 0 saturated heterocycles. The molecular formula is C20H22ClN3O3. The van der Waals surface area contributed by atoms with Crippen molar-refractivity contribution in [3.8, 4) is 5.75 Å². The van der Waals surface area contributed by atoms with E-state index in [-0.39, 0.29) is 18.4 Å². The molecule has 2 aromatic carbocycles. The molecule has 3 rings (SSSR count). The largest absolute Gasteiger partial charge is 0.492 e. The fourth-order valence-electron chi connectivity index (χ4n) is 2.88. The fourth-order valence-corrected chi connectivity index (χ4v) is 3.00. The van der Waals surface area contributed by atoms with Crippen molar-refractivity contribution in [2.24, 2.45) is 0 Å². The third-order valence-corrected chi connectivity index (χ3v) is 4.83. The first-order chi connectivity index (χ1) is 13.0. The Labute approximate surface area is 163 Å². The van der Waals surface area contributed by atoms with Crippen LogP contribution in [0.5, 0.6) is 5.75 Å². The Morgan fingerprint density at radius 1 is 1.26 bits per heavy atom. The molecule has 2 aromatic rings. The molecule has 1 aliphatic heterocycles. The lowest BCUT2D eigenvalue weighted by Crippen LogP contribution is -2.50. The Morgan fingerprint density at radius 3 is 2.70 bits per heavy atom. The van der Waals surface area contributed by atoms with Crippen LogP contribution in [0.2, 0.25) is 5.02 Å². The standard InChI is InChI=1S/C20H22ClN3O3/c1-14(23(2)11-12-27-16-9-7-15(21)8-10-16)20(26)24-13-19(25)22-17-5-3-4-6-18(17)24/h3-10,14H,11-13H2,1-2H3,(H,22,25)/t14-/m1/s1. The van der Waals surface area contributed by atoms with Crippen LogP contribution in [-0.4, -0.2) is 49.5 Å². The van der Waals surface area contributed by atoms with Gasteiger partial charge in [-0.25, -0.2) is 0 Å². The van der Waals surface area contributed by atoms with Crippen molar-refractivity contribution >= 4 is 34.8 Å². The van der Waals surface area contributed by atoms with Crippen LogP contribution in [0.25, 0.3) is 0 Å². The first-order valence-corrected chi connectivity index (χ1v) is 9.12. The normalized spacial score (nSPS) is 14.5. The zero-order valence-electron chi connectivity index (χ0n) is 15.3. The van der Waals surface area contributed by atoms with Crippen molar-refractivity contribution in [1.29, 1.82) is 0 Å². The minimum absolute atomic E-state index is 0.0231. The average molecular weight is 388 g/mol. The van der Waals surface area contributed by atoms with Crippen LogP contribution in [0.4, 0.5) is 11.4 Å². The second-order valence-electron chi connectivity index (χ2n) is 6.45. The molecule has 7 heteroatoms. The molecular weight excluding hydrogens is 366 g/mol. The molecule has 142 valence electrons. The summed E-state index contributed by atoms with van der Waals surface area (Å²) in [6.07, 6.45) is 0. The minimum atomic E-state index is -0.391. The number of amides is 2. The number of hydrogen-bond donors (Lipinski definition) is 1. The lowest BCUT2D eigenvalue weighted by atomic mass is 10.1. The van der Waals surface area contributed by atoms with Crippen molar-refractivity contribution < 1.29 is 14.3 Å². The summed E-state index contributed by atoms with van der Waals surface area (Å²) in [6, 6.07) is 14.1. The van der Waals surface area contributed by atoms with Gasteiger partial charge >= 0.3 is 0 Å². The van der Waals surface area contributed by atoms with E-state index in [0.717, 1.165) is 11.4 Å². The van der Waals surface area contributed by atoms with E-state index < -0.39 is 6.04 Å². The van der Waals surface area contributed by atoms with Crippen LogP contribution >= 0.6 is 11.6 Å². The third-order valence-electron chi connectivity index (χ3n) is 4.58. The minimum Gasteiger partial charge on any atom is -0.492 e. The first kappa shape index (κ1) is 19.2. The molecule has 0 aromatic heterocycles. The van der Waals surface area contributed by atoms with E-state index in [2.05, 4.69) is 5.32 Å². The van der Waals surface area contributed by atoms with Crippen molar-refractivity contribution in [2.75, 3.05) is 37.0 Å². The number of fused-ring (bicyclic) bond motifs is 1. The molecule has 0 radical (unpaired) electrons. The quantitative estimate of drug-likeness (QED) is 0.827. The van der Waals surface area contributed by atoms with Crippen molar-refractivity contribution in [3.63, 3.8) is 0 Å². The molecule has 0 bridgehead atoms. The Balaban J connectivity index is 1.59. The summed E-state index contributed by atoms with van der Waals surface area (Å²) in [5.74, 6) is 0.419. The summed E-state index contributed by atoms with van der Waals surface area (Å²) in [6.45, 7) is 2.86. The molecule has 6 nitrogen and oxygen atoms in total. The van der Waals surface area contributed by atoms with E-state index >= 15 is 0 Å². The number of carbonyl (C=O) groups excluding carboxylic acids is 2. The van der Waals surface area contributed by atoms with Gasteiger partial charge in [0.05, 0.1) is 17.4 Å². The first-order valence-electron chi connectivity index (χ1n) is 8.74. The molecule has 1 heterocycles. The zero-order valence-corrected chi connectivity index (χ0v) is 16.1. The molecule has 0 unspecified atom stereocenters. The molecule has 27 heavy (non-hydrogen) atoms. The van der Waals surface area contributed by atoms with Crippen LogP contribution in [-0.2, 0) is 9.59 Å². The van der Waals surface area contributed by atoms with Crippen LogP contribution in [0.1, 0.15) is 6.92 Å². The molecule has 2 amide bonds. The number of anilines is 2. The second-order valence-corrected chi connectivity index (χ2v) is 6.89. The second kappa shape index (κ2) is 8.41. The Morgan fingerprint density at radius 2 is 1.96 bits per heavy atom. The number of halogens is 1. The molecule has 0 fully saturated rings. The number of carbonyl (C=O) groups is 2. The van der Waals surface area contributed by atoms with Crippen LogP contribution in [0, 0.1) is 0 Å². The topological polar surface area (TPSA) is 61.9 Å². The lowest BCUT2D eigenvalue weighted by molar-refractivity contribution is -0.125. The summed E-state index contributed by atoms with van der Waals surface area (Å²) in [5.41, 5.74) is 1.38. The van der Waals surface area contributed by atoms with Gasteiger partial charge in [-0.2, -0.15) is 0 Å². The lowest BCUT2D eigenvalue weighted by Gasteiger charge is -2.33. The van der Waals surface area contributed by atoms with Gasteiger partial charge in [-0.15, -0.1) is 0 Å². The van der Waals surface area contributed by atoms with E-state index in [0.29, 0.717) is 23.9 Å². The Bertz CT molecular complexity index is 825. The van der Waals surface area contributed by atoms with Gasteiger partial charge in [0.2, 0.25) is 11.8 Å². The summed E-state index contributed by atoms with van der Waals surface area (Å²) in [7, 11) is 1.86. The molecule has 1 aliphatic rings. The third kappa shape index (κ3) is 4.59. The number of benzene rings is 2. The molecule has 0 spiro atoms. The highest BCUT2D eigenvalue weighted by Gasteiger charge is 2.31. The fraction of sp³-hybridized carbons (Fsp3) is 0.300. The number of nitrogens with one attached hydrogen (secondary N) is 1. The van der Waals surface area contributed by atoms with Gasteiger partial charge in [0.25, 0.3) is 0 Å². The summed E-state index contributed by atoms with van der Waals surface area (Å²) >= 11 is 5.86. The predicted octanol–water partition coefficient (Wildman–Crippen LogP) is 3.02. The maximum Gasteiger partial charge on any atom is 0.244 e. The maximum absolute atomic E-state index is 13.0. The van der Waals surface area contributed by atoms with Gasteiger partial charge in [0.1, 0.15) is 18.9 Å². The predicted molar refractivity (Wildman–Crippen MR) is 106 cm³/mol. The van der Waals surface area contributed by atoms with Gasteiger partial charge in [-0.1, -0.05) is 23.7 Å². The SMILES string of the molecule is C[C@H](C(=O)N1CC(=O)Nc2ccccc21)N(C)CCOc1ccc(Cl)cc1. The van der Waals surface area contributed by atoms with Crippen molar-refractivity contribution in [1.82, 2.24) is 4.90 Å². The van der Waals surface area contributed by atoms with E-state index in [1.165, 1.54) is 4.90 Å². The monoisotopic (exact) mass is 387 g/mol. The summed E-state index contributed by atoms with van der Waals surface area (Å²) in [4.78, 5) is 28.4. The van der Waals surface area contributed by atoms with E-state index in [4.69, 9.17) is 16.3 Å². The van der Waals surface area contributed by atoms with Gasteiger partial charge in [0, 0.05) is 11.6 Å². The van der Waals surface area contributed by atoms with Gasteiger partial charge in [-0.3, -0.25) is 19.4 Å². The van der Waals surface area contributed by atoms with Crippen LogP contribution < -0.4 is 15.0 Å². The molecule has 1 atom stereocenters. The van der Waals surface area contributed by atoms with E-state index in [1.807, 2.05) is 37.1 Å². The highest BCUT2D eigenvalue weighted by Crippen LogP contribution is 2.29. The summed E-state index contributed by atoms with van der Waals surface area (Å²) < 4.78 is 5.69. The number of rotatable bonds is 6. The highest BCUT2D eigenvalue weighted by atomic mass is 35.5. The van der Waals surface area contributed by atoms with E-state index in [1.54, 1.807) is 30.3 Å². The molecule has 0 aliphatic carbocycles.